The Morgan fingerprint density at radius 3 is 2.39 bits per heavy atom. The van der Waals surface area contributed by atoms with Gasteiger partial charge in [0.2, 0.25) is 11.8 Å². The molecule has 0 bridgehead atoms. The lowest BCUT2D eigenvalue weighted by molar-refractivity contribution is -0.122. The van der Waals surface area contributed by atoms with Gasteiger partial charge in [-0.2, -0.15) is 0 Å². The molecule has 0 aliphatic carbocycles. The lowest BCUT2D eigenvalue weighted by Crippen LogP contribution is -2.36. The average Bonchev–Trinajstić information content (AvgIpc) is 2.53. The molecule has 0 heterocycles. The molecule has 0 aromatic heterocycles. The maximum Gasteiger partial charge on any atom is 0.243 e. The zero-order chi connectivity index (χ0) is 16.7. The number of hydrogen-bond donors (Lipinski definition) is 3. The van der Waals surface area contributed by atoms with Crippen LogP contribution >= 0.6 is 11.6 Å². The van der Waals surface area contributed by atoms with Crippen LogP contribution in [0.15, 0.2) is 48.5 Å². The molecule has 0 saturated heterocycles. The molecule has 2 aromatic carbocycles. The fourth-order valence-electron chi connectivity index (χ4n) is 1.76. The van der Waals surface area contributed by atoms with E-state index in [2.05, 4.69) is 16.0 Å². The van der Waals surface area contributed by atoms with Crippen LogP contribution < -0.4 is 16.0 Å². The highest BCUT2D eigenvalue weighted by Gasteiger charge is 2.06. The minimum Gasteiger partial charge on any atom is -0.376 e. The van der Waals surface area contributed by atoms with Gasteiger partial charge < -0.3 is 16.0 Å². The second-order valence-electron chi connectivity index (χ2n) is 4.70. The van der Waals surface area contributed by atoms with Gasteiger partial charge in [-0.1, -0.05) is 17.7 Å². The van der Waals surface area contributed by atoms with E-state index in [1.165, 1.54) is 24.3 Å². The first-order valence-electron chi connectivity index (χ1n) is 6.84. The molecule has 2 aromatic rings. The lowest BCUT2D eigenvalue weighted by atomic mass is 10.3. The largest absolute Gasteiger partial charge is 0.376 e. The van der Waals surface area contributed by atoms with E-state index >= 15 is 0 Å². The number of anilines is 2. The van der Waals surface area contributed by atoms with Crippen LogP contribution in [0.4, 0.5) is 15.8 Å². The van der Waals surface area contributed by atoms with Gasteiger partial charge in [0.15, 0.2) is 0 Å². The summed E-state index contributed by atoms with van der Waals surface area (Å²) in [6, 6.07) is 12.3. The number of halogens is 2. The predicted octanol–water partition coefficient (Wildman–Crippen LogP) is 2.65. The molecule has 23 heavy (non-hydrogen) atoms. The summed E-state index contributed by atoms with van der Waals surface area (Å²) in [5, 5.41) is 8.48. The molecule has 2 rings (SSSR count). The molecule has 0 radical (unpaired) electrons. The Morgan fingerprint density at radius 1 is 0.957 bits per heavy atom. The Morgan fingerprint density at radius 2 is 1.70 bits per heavy atom. The van der Waals surface area contributed by atoms with E-state index in [1.807, 2.05) is 0 Å². The molecular formula is C16H15ClFN3O2. The van der Waals surface area contributed by atoms with Gasteiger partial charge in [-0.05, 0) is 42.5 Å². The van der Waals surface area contributed by atoms with Crippen LogP contribution in [0.5, 0.6) is 0 Å². The number of carbonyl (C=O) groups excluding carboxylic acids is 2. The number of hydrogen-bond acceptors (Lipinski definition) is 3. The first-order valence-corrected chi connectivity index (χ1v) is 7.22. The van der Waals surface area contributed by atoms with Gasteiger partial charge in [0, 0.05) is 16.4 Å². The predicted molar refractivity (Wildman–Crippen MR) is 88.0 cm³/mol. The Kier molecular flexibility index (Phi) is 5.94. The van der Waals surface area contributed by atoms with E-state index < -0.39 is 5.91 Å². The van der Waals surface area contributed by atoms with Crippen LogP contribution in [-0.2, 0) is 9.59 Å². The molecule has 120 valence electrons. The lowest BCUT2D eigenvalue weighted by Gasteiger charge is -2.09. The molecule has 0 unspecified atom stereocenters. The molecule has 0 spiro atoms. The third kappa shape index (κ3) is 5.96. The standard InChI is InChI=1S/C16H15ClFN3O2/c17-11-2-1-3-14(8-11)19-9-15(22)20-10-16(23)21-13-6-4-12(18)5-7-13/h1-8,19H,9-10H2,(H,20,22)(H,21,23). The summed E-state index contributed by atoms with van der Waals surface area (Å²) in [5.74, 6) is -1.12. The van der Waals surface area contributed by atoms with Crippen LogP contribution in [-0.4, -0.2) is 24.9 Å². The molecule has 0 fully saturated rings. The number of amides is 2. The molecule has 3 N–H and O–H groups in total. The highest BCUT2D eigenvalue weighted by atomic mass is 35.5. The van der Waals surface area contributed by atoms with Crippen molar-refractivity contribution < 1.29 is 14.0 Å². The molecule has 0 aliphatic heterocycles. The van der Waals surface area contributed by atoms with Gasteiger partial charge in [-0.15, -0.1) is 0 Å². The number of nitrogens with one attached hydrogen (secondary N) is 3. The van der Waals surface area contributed by atoms with Crippen molar-refractivity contribution in [2.24, 2.45) is 0 Å². The summed E-state index contributed by atoms with van der Waals surface area (Å²) in [6.07, 6.45) is 0. The van der Waals surface area contributed by atoms with Gasteiger partial charge >= 0.3 is 0 Å². The summed E-state index contributed by atoms with van der Waals surface area (Å²) in [4.78, 5) is 23.3. The highest BCUT2D eigenvalue weighted by Crippen LogP contribution is 2.14. The average molecular weight is 336 g/mol. The molecule has 2 amide bonds. The van der Waals surface area contributed by atoms with E-state index in [0.717, 1.165) is 0 Å². The molecule has 0 aliphatic rings. The minimum absolute atomic E-state index is 0.0180. The number of benzene rings is 2. The Hall–Kier alpha value is -2.60. The fourth-order valence-corrected chi connectivity index (χ4v) is 1.95. The summed E-state index contributed by atoms with van der Waals surface area (Å²) in [6.45, 7) is -0.155. The summed E-state index contributed by atoms with van der Waals surface area (Å²) < 4.78 is 12.7. The molecule has 7 heteroatoms. The SMILES string of the molecule is O=C(CNc1cccc(Cl)c1)NCC(=O)Nc1ccc(F)cc1. The smallest absolute Gasteiger partial charge is 0.243 e. The molecule has 0 atom stereocenters. The van der Waals surface area contributed by atoms with E-state index in [0.29, 0.717) is 16.4 Å². The number of carbonyl (C=O) groups is 2. The maximum absolute atomic E-state index is 12.7. The fraction of sp³-hybridized carbons (Fsp3) is 0.125. The van der Waals surface area contributed by atoms with Crippen LogP contribution in [0.2, 0.25) is 5.02 Å². The Bertz CT molecular complexity index is 692. The van der Waals surface area contributed by atoms with Crippen LogP contribution in [0.25, 0.3) is 0 Å². The zero-order valence-corrected chi connectivity index (χ0v) is 12.9. The van der Waals surface area contributed by atoms with Gasteiger partial charge in [-0.25, -0.2) is 4.39 Å². The van der Waals surface area contributed by atoms with E-state index in [9.17, 15) is 14.0 Å². The van der Waals surface area contributed by atoms with E-state index in [1.54, 1.807) is 24.3 Å². The van der Waals surface area contributed by atoms with Crippen molar-refractivity contribution in [1.29, 1.82) is 0 Å². The molecule has 5 nitrogen and oxygen atoms in total. The van der Waals surface area contributed by atoms with Crippen LogP contribution in [0, 0.1) is 5.82 Å². The quantitative estimate of drug-likeness (QED) is 0.760. The third-order valence-electron chi connectivity index (χ3n) is 2.85. The third-order valence-corrected chi connectivity index (χ3v) is 3.09. The summed E-state index contributed by atoms with van der Waals surface area (Å²) in [7, 11) is 0. The van der Waals surface area contributed by atoms with Crippen LogP contribution in [0.1, 0.15) is 0 Å². The second-order valence-corrected chi connectivity index (χ2v) is 5.13. The first kappa shape index (κ1) is 16.8. The van der Waals surface area contributed by atoms with Crippen molar-refractivity contribution in [3.05, 3.63) is 59.4 Å². The monoisotopic (exact) mass is 335 g/mol. The van der Waals surface area contributed by atoms with Crippen molar-refractivity contribution in [2.75, 3.05) is 23.7 Å². The van der Waals surface area contributed by atoms with Gasteiger partial charge in [0.05, 0.1) is 13.1 Å². The van der Waals surface area contributed by atoms with E-state index in [4.69, 9.17) is 11.6 Å². The zero-order valence-electron chi connectivity index (χ0n) is 12.1. The van der Waals surface area contributed by atoms with Gasteiger partial charge in [0.25, 0.3) is 0 Å². The Labute approximate surface area is 137 Å². The summed E-state index contributed by atoms with van der Waals surface area (Å²) >= 11 is 5.83. The van der Waals surface area contributed by atoms with Crippen molar-refractivity contribution in [2.45, 2.75) is 0 Å². The van der Waals surface area contributed by atoms with Gasteiger partial charge in [-0.3, -0.25) is 9.59 Å². The normalized spacial score (nSPS) is 10.0. The molecular weight excluding hydrogens is 321 g/mol. The first-order chi connectivity index (χ1) is 11.0. The minimum atomic E-state index is -0.396. The second kappa shape index (κ2) is 8.14. The Balaban J connectivity index is 1.71. The molecule has 0 saturated carbocycles. The van der Waals surface area contributed by atoms with Crippen LogP contribution in [0.3, 0.4) is 0 Å². The number of rotatable bonds is 6. The van der Waals surface area contributed by atoms with Crippen molar-refractivity contribution in [3.63, 3.8) is 0 Å². The van der Waals surface area contributed by atoms with Gasteiger partial charge in [0.1, 0.15) is 5.82 Å². The maximum atomic E-state index is 12.7. The highest BCUT2D eigenvalue weighted by molar-refractivity contribution is 6.30. The summed E-state index contributed by atoms with van der Waals surface area (Å²) in [5.41, 5.74) is 1.17. The van der Waals surface area contributed by atoms with Crippen molar-refractivity contribution in [1.82, 2.24) is 5.32 Å². The van der Waals surface area contributed by atoms with Crippen molar-refractivity contribution >= 4 is 34.8 Å². The van der Waals surface area contributed by atoms with Crippen molar-refractivity contribution in [3.8, 4) is 0 Å². The van der Waals surface area contributed by atoms with E-state index in [-0.39, 0.29) is 24.8 Å². The topological polar surface area (TPSA) is 70.2 Å².